The summed E-state index contributed by atoms with van der Waals surface area (Å²) < 4.78 is 7.99. The molecule has 0 bridgehead atoms. The fourth-order valence-electron chi connectivity index (χ4n) is 3.54. The Morgan fingerprint density at radius 1 is 1.22 bits per heavy atom. The van der Waals surface area contributed by atoms with Crippen molar-refractivity contribution in [1.29, 1.82) is 0 Å². The van der Waals surface area contributed by atoms with Gasteiger partial charge < -0.3 is 10.1 Å². The summed E-state index contributed by atoms with van der Waals surface area (Å²) in [7, 11) is 0. The number of amides is 1. The number of nitrogens with zero attached hydrogens (tertiary/aromatic N) is 4. The number of rotatable bonds is 9. The molecule has 0 saturated heterocycles. The fraction of sp³-hybridized carbons (Fsp3) is 0.304. The third-order valence-corrected chi connectivity index (χ3v) is 6.26. The molecule has 1 N–H and O–H groups in total. The van der Waals surface area contributed by atoms with Crippen LogP contribution in [-0.4, -0.2) is 37.5 Å². The smallest absolute Gasteiger partial charge is 0.236 e. The van der Waals surface area contributed by atoms with E-state index in [-0.39, 0.29) is 11.7 Å². The molecule has 0 radical (unpaired) electrons. The number of benzene rings is 1. The standard InChI is InChI=1S/C23H24ClN5O2S/c1-2-13-29-22(16-7-10-19(11-8-16)31-18-5-3-4-6-18)27-28-23(29)32-15-21(30)26-20-12-9-17(24)14-25-20/h2,7-12,14,18H,1,3-6,13,15H2,(H,25,26,30). The lowest BCUT2D eigenvalue weighted by molar-refractivity contribution is -0.113. The van der Waals surface area contributed by atoms with Crippen LogP contribution >= 0.6 is 23.4 Å². The average Bonchev–Trinajstić information content (AvgIpc) is 3.45. The average molecular weight is 470 g/mol. The first-order valence-corrected chi connectivity index (χ1v) is 11.8. The second kappa shape index (κ2) is 10.7. The minimum atomic E-state index is -0.187. The summed E-state index contributed by atoms with van der Waals surface area (Å²) in [5, 5.41) is 12.5. The largest absolute Gasteiger partial charge is 0.490 e. The molecule has 0 aliphatic heterocycles. The van der Waals surface area contributed by atoms with E-state index in [0.29, 0.717) is 28.6 Å². The first-order valence-electron chi connectivity index (χ1n) is 10.5. The maximum atomic E-state index is 12.3. The Kier molecular flexibility index (Phi) is 7.44. The molecule has 1 saturated carbocycles. The van der Waals surface area contributed by atoms with Gasteiger partial charge in [0.1, 0.15) is 11.6 Å². The second-order valence-corrected chi connectivity index (χ2v) is 8.83. The first kappa shape index (κ1) is 22.4. The second-order valence-electron chi connectivity index (χ2n) is 7.45. The molecule has 2 aromatic heterocycles. The lowest BCUT2D eigenvalue weighted by Gasteiger charge is -2.13. The monoisotopic (exact) mass is 469 g/mol. The maximum Gasteiger partial charge on any atom is 0.236 e. The van der Waals surface area contributed by atoms with Gasteiger partial charge in [-0.05, 0) is 62.1 Å². The lowest BCUT2D eigenvalue weighted by atomic mass is 10.2. The topological polar surface area (TPSA) is 81.9 Å². The van der Waals surface area contributed by atoms with E-state index >= 15 is 0 Å². The van der Waals surface area contributed by atoms with Crippen molar-refractivity contribution in [2.75, 3.05) is 11.1 Å². The SMILES string of the molecule is C=CCn1c(SCC(=O)Nc2ccc(Cl)cn2)nnc1-c1ccc(OC2CCCC2)cc1. The molecular formula is C23H24ClN5O2S. The highest BCUT2D eigenvalue weighted by atomic mass is 35.5. The number of nitrogens with one attached hydrogen (secondary N) is 1. The van der Waals surface area contributed by atoms with E-state index in [2.05, 4.69) is 27.1 Å². The van der Waals surface area contributed by atoms with Crippen molar-refractivity contribution < 1.29 is 9.53 Å². The van der Waals surface area contributed by atoms with E-state index in [0.717, 1.165) is 30.0 Å². The van der Waals surface area contributed by atoms with Crippen LogP contribution in [-0.2, 0) is 11.3 Å². The number of allylic oxidation sites excluding steroid dienone is 1. The van der Waals surface area contributed by atoms with Gasteiger partial charge in [-0.25, -0.2) is 4.98 Å². The number of halogens is 1. The minimum Gasteiger partial charge on any atom is -0.490 e. The summed E-state index contributed by atoms with van der Waals surface area (Å²) in [5.41, 5.74) is 0.930. The number of hydrogen-bond donors (Lipinski definition) is 1. The predicted octanol–water partition coefficient (Wildman–Crippen LogP) is 5.23. The lowest BCUT2D eigenvalue weighted by Crippen LogP contribution is -2.15. The molecule has 1 fully saturated rings. The van der Waals surface area contributed by atoms with E-state index < -0.39 is 0 Å². The van der Waals surface area contributed by atoms with Crippen molar-refractivity contribution in [3.05, 3.63) is 60.3 Å². The Balaban J connectivity index is 1.41. The number of ether oxygens (including phenoxy) is 1. The van der Waals surface area contributed by atoms with Gasteiger partial charge in [-0.2, -0.15) is 0 Å². The molecule has 0 spiro atoms. The molecular weight excluding hydrogens is 446 g/mol. The van der Waals surface area contributed by atoms with Gasteiger partial charge in [0.05, 0.1) is 16.9 Å². The molecule has 0 unspecified atom stereocenters. The van der Waals surface area contributed by atoms with E-state index in [4.69, 9.17) is 16.3 Å². The quantitative estimate of drug-likeness (QED) is 0.341. The normalized spacial score (nSPS) is 13.8. The number of thioether (sulfide) groups is 1. The number of carbonyl (C=O) groups excluding carboxylic acids is 1. The number of pyridine rings is 1. The van der Waals surface area contributed by atoms with Crippen molar-refractivity contribution >= 4 is 35.1 Å². The van der Waals surface area contributed by atoms with Gasteiger partial charge in [-0.3, -0.25) is 9.36 Å². The zero-order valence-corrected chi connectivity index (χ0v) is 19.1. The highest BCUT2D eigenvalue weighted by Crippen LogP contribution is 2.28. The van der Waals surface area contributed by atoms with E-state index in [1.807, 2.05) is 28.8 Å². The van der Waals surface area contributed by atoms with Crippen LogP contribution in [0.5, 0.6) is 5.75 Å². The Hall–Kier alpha value is -2.84. The van der Waals surface area contributed by atoms with Crippen LogP contribution in [0.1, 0.15) is 25.7 Å². The molecule has 2 heterocycles. The van der Waals surface area contributed by atoms with Crippen LogP contribution < -0.4 is 10.1 Å². The highest BCUT2D eigenvalue weighted by Gasteiger charge is 2.18. The number of anilines is 1. The van der Waals surface area contributed by atoms with Crippen molar-refractivity contribution in [3.8, 4) is 17.1 Å². The molecule has 166 valence electrons. The number of aromatic nitrogens is 4. The minimum absolute atomic E-state index is 0.174. The molecule has 1 aliphatic carbocycles. The van der Waals surface area contributed by atoms with E-state index in [9.17, 15) is 4.79 Å². The Morgan fingerprint density at radius 3 is 2.69 bits per heavy atom. The zero-order chi connectivity index (χ0) is 22.3. The van der Waals surface area contributed by atoms with Crippen LogP contribution in [0.15, 0.2) is 60.4 Å². The van der Waals surface area contributed by atoms with Gasteiger partial charge in [-0.15, -0.1) is 16.8 Å². The van der Waals surface area contributed by atoms with Gasteiger partial charge in [0.2, 0.25) is 5.91 Å². The van der Waals surface area contributed by atoms with Crippen LogP contribution in [0.2, 0.25) is 5.02 Å². The molecule has 1 aliphatic rings. The van der Waals surface area contributed by atoms with Gasteiger partial charge in [0.25, 0.3) is 0 Å². The molecule has 9 heteroatoms. The summed E-state index contributed by atoms with van der Waals surface area (Å²) in [5.74, 6) is 2.03. The zero-order valence-electron chi connectivity index (χ0n) is 17.5. The van der Waals surface area contributed by atoms with Crippen molar-refractivity contribution in [2.45, 2.75) is 43.5 Å². The third kappa shape index (κ3) is 5.69. The van der Waals surface area contributed by atoms with Crippen LogP contribution in [0.4, 0.5) is 5.82 Å². The van der Waals surface area contributed by atoms with Crippen LogP contribution in [0.3, 0.4) is 0 Å². The molecule has 7 nitrogen and oxygen atoms in total. The summed E-state index contributed by atoms with van der Waals surface area (Å²) in [6.07, 6.45) is 8.31. The molecule has 1 aromatic carbocycles. The first-order chi connectivity index (χ1) is 15.6. The van der Waals surface area contributed by atoms with Crippen molar-refractivity contribution in [2.24, 2.45) is 0 Å². The number of carbonyl (C=O) groups is 1. The Morgan fingerprint density at radius 2 is 2.00 bits per heavy atom. The van der Waals surface area contributed by atoms with Gasteiger partial charge in [-0.1, -0.05) is 29.4 Å². The molecule has 1 amide bonds. The van der Waals surface area contributed by atoms with E-state index in [1.54, 1.807) is 18.2 Å². The molecule has 3 aromatic rings. The van der Waals surface area contributed by atoms with Crippen molar-refractivity contribution in [1.82, 2.24) is 19.7 Å². The van der Waals surface area contributed by atoms with Crippen LogP contribution in [0.25, 0.3) is 11.4 Å². The summed E-state index contributed by atoms with van der Waals surface area (Å²) >= 11 is 7.13. The highest BCUT2D eigenvalue weighted by molar-refractivity contribution is 7.99. The summed E-state index contributed by atoms with van der Waals surface area (Å²) in [6.45, 7) is 4.37. The summed E-state index contributed by atoms with van der Waals surface area (Å²) in [6, 6.07) is 11.3. The van der Waals surface area contributed by atoms with Crippen LogP contribution in [0, 0.1) is 0 Å². The van der Waals surface area contributed by atoms with Gasteiger partial charge in [0, 0.05) is 18.3 Å². The molecule has 4 rings (SSSR count). The Labute approximate surface area is 196 Å². The van der Waals surface area contributed by atoms with E-state index in [1.165, 1.54) is 30.8 Å². The maximum absolute atomic E-state index is 12.3. The molecule has 32 heavy (non-hydrogen) atoms. The third-order valence-electron chi connectivity index (χ3n) is 5.07. The number of hydrogen-bond acceptors (Lipinski definition) is 6. The van der Waals surface area contributed by atoms with Gasteiger partial charge in [0.15, 0.2) is 11.0 Å². The summed E-state index contributed by atoms with van der Waals surface area (Å²) in [4.78, 5) is 16.4. The molecule has 0 atom stereocenters. The van der Waals surface area contributed by atoms with Crippen molar-refractivity contribution in [3.63, 3.8) is 0 Å². The fourth-order valence-corrected chi connectivity index (χ4v) is 4.40. The Bertz CT molecular complexity index is 1060. The van der Waals surface area contributed by atoms with Gasteiger partial charge >= 0.3 is 0 Å². The predicted molar refractivity (Wildman–Crippen MR) is 127 cm³/mol.